The maximum Gasteiger partial charge on any atom is 0.249 e. The van der Waals surface area contributed by atoms with E-state index in [0.29, 0.717) is 12.1 Å². The van der Waals surface area contributed by atoms with E-state index in [4.69, 9.17) is 0 Å². The second-order valence-electron chi connectivity index (χ2n) is 2.11. The smallest absolute Gasteiger partial charge is 0.249 e. The van der Waals surface area contributed by atoms with Crippen LogP contribution >= 0.6 is 0 Å². The number of hydrogen-bond donors (Lipinski definition) is 1. The van der Waals surface area contributed by atoms with Gasteiger partial charge in [-0.3, -0.25) is 0 Å². The van der Waals surface area contributed by atoms with Crippen LogP contribution in [0.4, 0.5) is 8.78 Å². The molecule has 60 valence electrons. The lowest BCUT2D eigenvalue weighted by Crippen LogP contribution is -2.08. The summed E-state index contributed by atoms with van der Waals surface area (Å²) in [6, 6.07) is 1.44. The first kappa shape index (κ1) is 8.07. The standard InChI is InChI=1S/C7H8F2N2/c1-10-4-5-2-3-11-7(9)6(5)8/h2-3,10H,4H2,1H3. The Balaban J connectivity index is 2.96. The fourth-order valence-electron chi connectivity index (χ4n) is 0.782. The first-order chi connectivity index (χ1) is 5.25. The summed E-state index contributed by atoms with van der Waals surface area (Å²) in [5.74, 6) is -1.92. The van der Waals surface area contributed by atoms with Gasteiger partial charge in [0.1, 0.15) is 0 Å². The SMILES string of the molecule is CNCc1ccnc(F)c1F. The quantitative estimate of drug-likeness (QED) is 0.651. The average Bonchev–Trinajstić information content (AvgIpc) is 1.99. The van der Waals surface area contributed by atoms with Crippen molar-refractivity contribution in [2.75, 3.05) is 7.05 Å². The van der Waals surface area contributed by atoms with Crippen LogP contribution in [-0.4, -0.2) is 12.0 Å². The number of halogens is 2. The molecule has 0 fully saturated rings. The van der Waals surface area contributed by atoms with Crippen molar-refractivity contribution in [1.82, 2.24) is 10.3 Å². The molecule has 0 aromatic carbocycles. The molecule has 11 heavy (non-hydrogen) atoms. The van der Waals surface area contributed by atoms with Crippen LogP contribution in [0.25, 0.3) is 0 Å². The van der Waals surface area contributed by atoms with Gasteiger partial charge in [0.05, 0.1) is 0 Å². The molecule has 1 rings (SSSR count). The van der Waals surface area contributed by atoms with Gasteiger partial charge >= 0.3 is 0 Å². The van der Waals surface area contributed by atoms with Gasteiger partial charge in [0.15, 0.2) is 5.82 Å². The summed E-state index contributed by atoms with van der Waals surface area (Å²) in [7, 11) is 1.66. The van der Waals surface area contributed by atoms with Gasteiger partial charge in [0.2, 0.25) is 5.95 Å². The molecule has 0 bridgehead atoms. The van der Waals surface area contributed by atoms with Crippen LogP contribution in [0.2, 0.25) is 0 Å². The molecular formula is C7H8F2N2. The highest BCUT2D eigenvalue weighted by atomic mass is 19.2. The summed E-state index contributed by atoms with van der Waals surface area (Å²) in [6.45, 7) is 0.311. The number of nitrogens with one attached hydrogen (secondary N) is 1. The molecule has 0 radical (unpaired) electrons. The van der Waals surface area contributed by atoms with E-state index in [2.05, 4.69) is 10.3 Å². The molecule has 0 amide bonds. The van der Waals surface area contributed by atoms with Crippen LogP contribution in [0.5, 0.6) is 0 Å². The highest BCUT2D eigenvalue weighted by Crippen LogP contribution is 2.07. The highest BCUT2D eigenvalue weighted by molar-refractivity contribution is 5.13. The van der Waals surface area contributed by atoms with Crippen molar-refractivity contribution in [2.45, 2.75) is 6.54 Å². The molecular weight excluding hydrogens is 150 g/mol. The van der Waals surface area contributed by atoms with E-state index in [0.717, 1.165) is 0 Å². The van der Waals surface area contributed by atoms with E-state index < -0.39 is 11.8 Å². The lowest BCUT2D eigenvalue weighted by molar-refractivity contribution is 0.468. The lowest BCUT2D eigenvalue weighted by Gasteiger charge is -2.00. The Hall–Kier alpha value is -1.03. The van der Waals surface area contributed by atoms with Gasteiger partial charge in [-0.15, -0.1) is 0 Å². The van der Waals surface area contributed by atoms with Crippen molar-refractivity contribution < 1.29 is 8.78 Å². The zero-order chi connectivity index (χ0) is 8.27. The monoisotopic (exact) mass is 158 g/mol. The van der Waals surface area contributed by atoms with Crippen molar-refractivity contribution >= 4 is 0 Å². The Labute approximate surface area is 63.3 Å². The van der Waals surface area contributed by atoms with E-state index in [-0.39, 0.29) is 0 Å². The van der Waals surface area contributed by atoms with Crippen molar-refractivity contribution in [3.63, 3.8) is 0 Å². The molecule has 0 spiro atoms. The van der Waals surface area contributed by atoms with Crippen molar-refractivity contribution in [3.05, 3.63) is 29.6 Å². The van der Waals surface area contributed by atoms with Gasteiger partial charge in [-0.1, -0.05) is 0 Å². The third-order valence-electron chi connectivity index (χ3n) is 1.29. The molecule has 1 aromatic heterocycles. The topological polar surface area (TPSA) is 24.9 Å². The number of nitrogens with zero attached hydrogens (tertiary/aromatic N) is 1. The Morgan fingerprint density at radius 3 is 2.91 bits per heavy atom. The first-order valence-electron chi connectivity index (χ1n) is 3.19. The highest BCUT2D eigenvalue weighted by Gasteiger charge is 2.06. The minimum Gasteiger partial charge on any atom is -0.316 e. The fourth-order valence-corrected chi connectivity index (χ4v) is 0.782. The summed E-state index contributed by atoms with van der Waals surface area (Å²) in [6.07, 6.45) is 1.24. The lowest BCUT2D eigenvalue weighted by atomic mass is 10.2. The molecule has 4 heteroatoms. The minimum atomic E-state index is -1.04. The summed E-state index contributed by atoms with van der Waals surface area (Å²) in [4.78, 5) is 3.15. The third kappa shape index (κ3) is 1.71. The first-order valence-corrected chi connectivity index (χ1v) is 3.19. The zero-order valence-electron chi connectivity index (χ0n) is 6.06. The van der Waals surface area contributed by atoms with Gasteiger partial charge in [-0.25, -0.2) is 9.37 Å². The Morgan fingerprint density at radius 2 is 2.27 bits per heavy atom. The molecule has 0 aliphatic rings. The molecule has 0 unspecified atom stereocenters. The predicted octanol–water partition coefficient (Wildman–Crippen LogP) is 1.08. The van der Waals surface area contributed by atoms with E-state index in [1.54, 1.807) is 7.05 Å². The summed E-state index contributed by atoms with van der Waals surface area (Å²) in [5, 5.41) is 2.72. The summed E-state index contributed by atoms with van der Waals surface area (Å²) in [5.41, 5.74) is 0.292. The maximum absolute atomic E-state index is 12.7. The van der Waals surface area contributed by atoms with E-state index in [9.17, 15) is 8.78 Å². The predicted molar refractivity (Wildman–Crippen MR) is 36.9 cm³/mol. The average molecular weight is 158 g/mol. The van der Waals surface area contributed by atoms with Gasteiger partial charge in [0, 0.05) is 18.3 Å². The molecule has 1 N–H and O–H groups in total. The Morgan fingerprint density at radius 1 is 1.55 bits per heavy atom. The zero-order valence-corrected chi connectivity index (χ0v) is 6.06. The second kappa shape index (κ2) is 3.39. The Kier molecular flexibility index (Phi) is 2.48. The van der Waals surface area contributed by atoms with E-state index in [1.165, 1.54) is 12.3 Å². The van der Waals surface area contributed by atoms with Crippen LogP contribution in [0.1, 0.15) is 5.56 Å². The molecule has 0 saturated heterocycles. The maximum atomic E-state index is 12.7. The second-order valence-corrected chi connectivity index (χ2v) is 2.11. The number of hydrogen-bond acceptors (Lipinski definition) is 2. The van der Waals surface area contributed by atoms with Gasteiger partial charge in [-0.2, -0.15) is 4.39 Å². The molecule has 2 nitrogen and oxygen atoms in total. The van der Waals surface area contributed by atoms with Crippen LogP contribution in [0.15, 0.2) is 12.3 Å². The van der Waals surface area contributed by atoms with Crippen LogP contribution < -0.4 is 5.32 Å². The van der Waals surface area contributed by atoms with Crippen LogP contribution in [0, 0.1) is 11.8 Å². The van der Waals surface area contributed by atoms with Crippen molar-refractivity contribution in [1.29, 1.82) is 0 Å². The molecule has 1 aromatic rings. The van der Waals surface area contributed by atoms with E-state index in [1.807, 2.05) is 0 Å². The molecule has 0 saturated carbocycles. The number of rotatable bonds is 2. The molecule has 1 heterocycles. The normalized spacial score (nSPS) is 10.1. The number of pyridine rings is 1. The van der Waals surface area contributed by atoms with Crippen LogP contribution in [0.3, 0.4) is 0 Å². The number of aromatic nitrogens is 1. The van der Waals surface area contributed by atoms with Gasteiger partial charge in [0.25, 0.3) is 0 Å². The van der Waals surface area contributed by atoms with E-state index >= 15 is 0 Å². The largest absolute Gasteiger partial charge is 0.316 e. The van der Waals surface area contributed by atoms with Crippen molar-refractivity contribution in [3.8, 4) is 0 Å². The summed E-state index contributed by atoms with van der Waals surface area (Å²) >= 11 is 0. The van der Waals surface area contributed by atoms with Gasteiger partial charge < -0.3 is 5.32 Å². The van der Waals surface area contributed by atoms with Crippen molar-refractivity contribution in [2.24, 2.45) is 0 Å². The van der Waals surface area contributed by atoms with Gasteiger partial charge in [-0.05, 0) is 13.1 Å². The fraction of sp³-hybridized carbons (Fsp3) is 0.286. The molecule has 0 aliphatic carbocycles. The third-order valence-corrected chi connectivity index (χ3v) is 1.29. The van der Waals surface area contributed by atoms with Crippen LogP contribution in [-0.2, 0) is 6.54 Å². The Bertz CT molecular complexity index is 250. The minimum absolute atomic E-state index is 0.292. The molecule has 0 atom stereocenters. The summed E-state index contributed by atoms with van der Waals surface area (Å²) < 4.78 is 25.1. The molecule has 0 aliphatic heterocycles.